The van der Waals surface area contributed by atoms with Gasteiger partial charge in [0, 0.05) is 37.9 Å². The fourth-order valence-electron chi connectivity index (χ4n) is 2.94. The molecule has 0 saturated carbocycles. The maximum Gasteiger partial charge on any atom is 0.289 e. The Morgan fingerprint density at radius 1 is 1.19 bits per heavy atom. The van der Waals surface area contributed by atoms with Crippen molar-refractivity contribution in [2.24, 2.45) is 0 Å². The minimum atomic E-state index is -0.219. The molecule has 0 radical (unpaired) electrons. The van der Waals surface area contributed by atoms with E-state index in [4.69, 9.17) is 4.42 Å². The molecule has 0 aliphatic carbocycles. The molecule has 138 valence electrons. The van der Waals surface area contributed by atoms with Crippen molar-refractivity contribution in [2.75, 3.05) is 26.2 Å². The van der Waals surface area contributed by atoms with E-state index in [1.54, 1.807) is 21.9 Å². The van der Waals surface area contributed by atoms with Crippen LogP contribution in [-0.2, 0) is 17.8 Å². The highest BCUT2D eigenvalue weighted by Gasteiger charge is 2.26. The Morgan fingerprint density at radius 3 is 2.54 bits per heavy atom. The predicted molar refractivity (Wildman–Crippen MR) is 93.7 cm³/mol. The third-order valence-corrected chi connectivity index (χ3v) is 4.40. The smallest absolute Gasteiger partial charge is 0.289 e. The molecule has 8 heteroatoms. The number of aryl methyl sites for hydroxylation is 1. The Bertz CT molecular complexity index is 820. The maximum atomic E-state index is 12.5. The zero-order chi connectivity index (χ0) is 18.5. The summed E-state index contributed by atoms with van der Waals surface area (Å²) in [6.07, 6.45) is 4.55. The Morgan fingerprint density at radius 2 is 1.92 bits per heavy atom. The van der Waals surface area contributed by atoms with Crippen LogP contribution in [0.5, 0.6) is 0 Å². The van der Waals surface area contributed by atoms with Crippen LogP contribution in [0.25, 0.3) is 0 Å². The van der Waals surface area contributed by atoms with E-state index in [0.29, 0.717) is 31.9 Å². The molecular weight excluding hydrogens is 336 g/mol. The van der Waals surface area contributed by atoms with Gasteiger partial charge in [0.05, 0.1) is 12.6 Å². The largest absolute Gasteiger partial charge is 0.459 e. The van der Waals surface area contributed by atoms with Crippen LogP contribution in [-0.4, -0.2) is 57.3 Å². The third-order valence-electron chi connectivity index (χ3n) is 4.40. The molecule has 1 aliphatic heterocycles. The van der Waals surface area contributed by atoms with Crippen LogP contribution >= 0.6 is 0 Å². The number of amides is 2. The Labute approximate surface area is 151 Å². The first-order valence-corrected chi connectivity index (χ1v) is 8.74. The van der Waals surface area contributed by atoms with Crippen molar-refractivity contribution in [3.05, 3.63) is 52.6 Å². The van der Waals surface area contributed by atoms with Gasteiger partial charge in [-0.05, 0) is 18.6 Å². The maximum absolute atomic E-state index is 12.5. The fourth-order valence-corrected chi connectivity index (χ4v) is 2.94. The van der Waals surface area contributed by atoms with E-state index in [0.717, 1.165) is 18.5 Å². The zero-order valence-corrected chi connectivity index (χ0v) is 14.8. The van der Waals surface area contributed by atoms with E-state index in [1.807, 2.05) is 6.92 Å². The molecule has 2 amide bonds. The third kappa shape index (κ3) is 4.01. The molecule has 26 heavy (non-hydrogen) atoms. The summed E-state index contributed by atoms with van der Waals surface area (Å²) in [7, 11) is 0. The van der Waals surface area contributed by atoms with Gasteiger partial charge in [0.2, 0.25) is 5.91 Å². The van der Waals surface area contributed by atoms with Gasteiger partial charge in [0.1, 0.15) is 6.54 Å². The second-order valence-electron chi connectivity index (χ2n) is 6.25. The van der Waals surface area contributed by atoms with Crippen LogP contribution in [0.2, 0.25) is 0 Å². The van der Waals surface area contributed by atoms with Gasteiger partial charge in [-0.1, -0.05) is 13.3 Å². The van der Waals surface area contributed by atoms with Crippen molar-refractivity contribution < 1.29 is 14.0 Å². The van der Waals surface area contributed by atoms with Crippen molar-refractivity contribution in [3.63, 3.8) is 0 Å². The number of piperazine rings is 1. The average Bonchev–Trinajstić information content (AvgIpc) is 3.18. The summed E-state index contributed by atoms with van der Waals surface area (Å²) >= 11 is 0. The van der Waals surface area contributed by atoms with Crippen LogP contribution in [0.15, 0.2) is 40.0 Å². The highest BCUT2D eigenvalue weighted by Crippen LogP contribution is 2.09. The molecule has 2 aromatic heterocycles. The highest BCUT2D eigenvalue weighted by molar-refractivity contribution is 5.91. The standard InChI is InChI=1S/C18H22N4O4/c1-2-4-14-11-16(23)22(13-19-14)12-17(24)20-6-8-21(9-7-20)18(25)15-5-3-10-26-15/h3,5,10-11,13H,2,4,6-9,12H2,1H3. The molecule has 2 aromatic rings. The molecule has 0 bridgehead atoms. The normalized spacial score (nSPS) is 14.5. The van der Waals surface area contributed by atoms with Crippen molar-refractivity contribution in [2.45, 2.75) is 26.3 Å². The molecule has 8 nitrogen and oxygen atoms in total. The van der Waals surface area contributed by atoms with Crippen molar-refractivity contribution in [1.29, 1.82) is 0 Å². The van der Waals surface area contributed by atoms with Crippen molar-refractivity contribution in [1.82, 2.24) is 19.4 Å². The summed E-state index contributed by atoms with van der Waals surface area (Å²) in [5.74, 6) is -0.0224. The lowest BCUT2D eigenvalue weighted by atomic mass is 10.2. The first-order valence-electron chi connectivity index (χ1n) is 8.74. The minimum Gasteiger partial charge on any atom is -0.459 e. The van der Waals surface area contributed by atoms with Gasteiger partial charge >= 0.3 is 0 Å². The first-order chi connectivity index (χ1) is 12.6. The van der Waals surface area contributed by atoms with Crippen LogP contribution in [0.1, 0.15) is 29.6 Å². The topological polar surface area (TPSA) is 88.7 Å². The van der Waals surface area contributed by atoms with Gasteiger partial charge in [0.15, 0.2) is 5.76 Å². The lowest BCUT2D eigenvalue weighted by Crippen LogP contribution is -2.51. The number of rotatable bonds is 5. The SMILES string of the molecule is CCCc1cc(=O)n(CC(=O)N2CCN(C(=O)c3ccco3)CC2)cn1. The highest BCUT2D eigenvalue weighted by atomic mass is 16.3. The first kappa shape index (κ1) is 17.9. The van der Waals surface area contributed by atoms with Gasteiger partial charge in [-0.3, -0.25) is 19.0 Å². The van der Waals surface area contributed by atoms with Crippen molar-refractivity contribution >= 4 is 11.8 Å². The number of hydrogen-bond acceptors (Lipinski definition) is 5. The average molecular weight is 358 g/mol. The van der Waals surface area contributed by atoms with Gasteiger partial charge in [-0.15, -0.1) is 0 Å². The van der Waals surface area contributed by atoms with Crippen LogP contribution in [0, 0.1) is 0 Å². The fraction of sp³-hybridized carbons (Fsp3) is 0.444. The van der Waals surface area contributed by atoms with E-state index < -0.39 is 0 Å². The summed E-state index contributed by atoms with van der Waals surface area (Å²) in [6.45, 7) is 3.72. The molecule has 1 aliphatic rings. The number of aromatic nitrogens is 2. The number of furan rings is 1. The number of carbonyl (C=O) groups is 2. The summed E-state index contributed by atoms with van der Waals surface area (Å²) in [5.41, 5.74) is 0.523. The van der Waals surface area contributed by atoms with Gasteiger partial charge in [0.25, 0.3) is 11.5 Å². The summed E-state index contributed by atoms with van der Waals surface area (Å²) < 4.78 is 6.45. The second kappa shape index (κ2) is 7.99. The van der Waals surface area contributed by atoms with Crippen LogP contribution in [0.3, 0.4) is 0 Å². The number of carbonyl (C=O) groups excluding carboxylic acids is 2. The van der Waals surface area contributed by atoms with Crippen LogP contribution in [0.4, 0.5) is 0 Å². The van der Waals surface area contributed by atoms with E-state index in [9.17, 15) is 14.4 Å². The summed E-state index contributed by atoms with van der Waals surface area (Å²) in [6, 6.07) is 4.78. The molecular formula is C18H22N4O4. The number of hydrogen-bond donors (Lipinski definition) is 0. The molecule has 0 aromatic carbocycles. The second-order valence-corrected chi connectivity index (χ2v) is 6.25. The van der Waals surface area contributed by atoms with Gasteiger partial charge in [-0.2, -0.15) is 0 Å². The van der Waals surface area contributed by atoms with Gasteiger partial charge < -0.3 is 14.2 Å². The molecule has 0 unspecified atom stereocenters. The Hall–Kier alpha value is -2.90. The molecule has 1 saturated heterocycles. The molecule has 3 heterocycles. The Balaban J connectivity index is 1.55. The lowest BCUT2D eigenvalue weighted by molar-refractivity contribution is -0.133. The van der Waals surface area contributed by atoms with E-state index >= 15 is 0 Å². The summed E-state index contributed by atoms with van der Waals surface area (Å²) in [5, 5.41) is 0. The minimum absolute atomic E-state index is 0.0373. The number of nitrogens with zero attached hydrogens (tertiary/aromatic N) is 4. The molecule has 0 atom stereocenters. The van der Waals surface area contributed by atoms with E-state index in [2.05, 4.69) is 4.98 Å². The zero-order valence-electron chi connectivity index (χ0n) is 14.8. The Kier molecular flexibility index (Phi) is 5.50. The monoisotopic (exact) mass is 358 g/mol. The molecule has 0 N–H and O–H groups in total. The quantitative estimate of drug-likeness (QED) is 0.788. The predicted octanol–water partition coefficient (Wildman–Crippen LogP) is 0.773. The molecule has 0 spiro atoms. The lowest BCUT2D eigenvalue weighted by Gasteiger charge is -2.34. The van der Waals surface area contributed by atoms with Crippen LogP contribution < -0.4 is 5.56 Å². The van der Waals surface area contributed by atoms with E-state index in [-0.39, 0.29) is 23.9 Å². The molecule has 1 fully saturated rings. The van der Waals surface area contributed by atoms with Crippen molar-refractivity contribution in [3.8, 4) is 0 Å². The van der Waals surface area contributed by atoms with E-state index in [1.165, 1.54) is 23.2 Å². The van der Waals surface area contributed by atoms with Gasteiger partial charge in [-0.25, -0.2) is 4.98 Å². The summed E-state index contributed by atoms with van der Waals surface area (Å²) in [4.78, 5) is 44.3. The molecule has 3 rings (SSSR count).